The molecule has 3 rings (SSSR count). The summed E-state index contributed by atoms with van der Waals surface area (Å²) in [6.45, 7) is 5.51. The number of nitrogens with zero attached hydrogens (tertiary/aromatic N) is 2. The van der Waals surface area contributed by atoms with Crippen LogP contribution in [0.2, 0.25) is 0 Å². The topological polar surface area (TPSA) is 184 Å². The second kappa shape index (κ2) is 11.1. The van der Waals surface area contributed by atoms with Gasteiger partial charge in [0.2, 0.25) is 0 Å². The van der Waals surface area contributed by atoms with Gasteiger partial charge in [0.25, 0.3) is 5.56 Å². The Kier molecular flexibility index (Phi) is 8.55. The highest BCUT2D eigenvalue weighted by atomic mass is 31.2. The summed E-state index contributed by atoms with van der Waals surface area (Å²) in [6.07, 6.45) is -2.04. The first-order valence-corrected chi connectivity index (χ1v) is 12.7. The van der Waals surface area contributed by atoms with E-state index in [9.17, 15) is 24.4 Å². The van der Waals surface area contributed by atoms with E-state index in [1.807, 2.05) is 0 Å². The average Bonchev–Trinajstić information content (AvgIpc) is 3.03. The minimum Gasteiger partial charge on any atom is -0.462 e. The molecule has 1 saturated heterocycles. The van der Waals surface area contributed by atoms with Gasteiger partial charge in [-0.15, -0.1) is 0 Å². The van der Waals surface area contributed by atoms with Gasteiger partial charge in [0.1, 0.15) is 29.6 Å². The molecule has 36 heavy (non-hydrogen) atoms. The number of ether oxygens (including phenoxy) is 2. The summed E-state index contributed by atoms with van der Waals surface area (Å²) in [5, 5.41) is 24.1. The number of nitrogen functional groups attached to an aromatic ring is 1. The third kappa shape index (κ3) is 6.30. The number of aliphatic hydroxyl groups excluding tert-OH is 1. The number of nitrogens with two attached hydrogens (primary N) is 1. The van der Waals surface area contributed by atoms with Gasteiger partial charge in [-0.05, 0) is 39.8 Å². The fourth-order valence-electron chi connectivity index (χ4n) is 3.51. The van der Waals surface area contributed by atoms with E-state index in [0.717, 1.165) is 4.57 Å². The van der Waals surface area contributed by atoms with Gasteiger partial charge in [0.05, 0.1) is 12.7 Å². The van der Waals surface area contributed by atoms with Crippen molar-refractivity contribution < 1.29 is 38.1 Å². The molecule has 13 nitrogen and oxygen atoms in total. The number of aromatic nitrogens is 2. The molecule has 0 amide bonds. The van der Waals surface area contributed by atoms with Crippen LogP contribution < -0.4 is 20.9 Å². The van der Waals surface area contributed by atoms with E-state index in [0.29, 0.717) is 0 Å². The van der Waals surface area contributed by atoms with E-state index < -0.39 is 62.1 Å². The number of para-hydroxylation sites is 1. The number of esters is 1. The van der Waals surface area contributed by atoms with Crippen LogP contribution in [-0.2, 0) is 23.4 Å². The highest BCUT2D eigenvalue weighted by Gasteiger charge is 2.54. The van der Waals surface area contributed by atoms with E-state index in [2.05, 4.69) is 10.1 Å². The van der Waals surface area contributed by atoms with Crippen molar-refractivity contribution in [3.05, 3.63) is 53.1 Å². The first-order chi connectivity index (χ1) is 16.8. The van der Waals surface area contributed by atoms with Crippen LogP contribution in [0, 0.1) is 0 Å². The standard InChI is InChI=1S/C22H31N4O9P/c1-13(2)33-20(29)14(3)25-36(31,35-15-8-6-5-7-9-15)32-12-16-17(27)22(4,30)21(34-16)26-11-10-24-18(23)19(26)28/h5-11,13-14,16-17,21,27,30H,12H2,1-4H3,(H2,23,24)(H,25,31)/t14-,16+,17+,21+,22+,36-/m0/s1. The van der Waals surface area contributed by atoms with Crippen molar-refractivity contribution in [2.45, 2.75) is 63.9 Å². The van der Waals surface area contributed by atoms with Crippen molar-refractivity contribution in [2.24, 2.45) is 0 Å². The van der Waals surface area contributed by atoms with Crippen LogP contribution >= 0.6 is 7.75 Å². The number of hydrogen-bond donors (Lipinski definition) is 4. The number of hydrogen-bond acceptors (Lipinski definition) is 11. The van der Waals surface area contributed by atoms with Crippen molar-refractivity contribution >= 4 is 19.5 Å². The normalized spacial score (nSPS) is 26.4. The van der Waals surface area contributed by atoms with Crippen molar-refractivity contribution in [3.8, 4) is 5.75 Å². The second-order valence-corrected chi connectivity index (χ2v) is 10.5. The lowest BCUT2D eigenvalue weighted by Crippen LogP contribution is -2.46. The Morgan fingerprint density at radius 1 is 1.33 bits per heavy atom. The maximum Gasteiger partial charge on any atom is 0.459 e. The molecule has 1 aliphatic heterocycles. The van der Waals surface area contributed by atoms with Crippen molar-refractivity contribution in [1.82, 2.24) is 14.6 Å². The van der Waals surface area contributed by atoms with Crippen LogP contribution in [0.5, 0.6) is 5.75 Å². The monoisotopic (exact) mass is 526 g/mol. The second-order valence-electron chi connectivity index (χ2n) is 8.76. The molecule has 1 fully saturated rings. The van der Waals surface area contributed by atoms with Gasteiger partial charge >= 0.3 is 13.7 Å². The summed E-state index contributed by atoms with van der Waals surface area (Å²) in [7, 11) is -4.25. The third-order valence-corrected chi connectivity index (χ3v) is 6.98. The zero-order chi connectivity index (χ0) is 26.7. The Morgan fingerprint density at radius 3 is 2.64 bits per heavy atom. The van der Waals surface area contributed by atoms with E-state index in [4.69, 9.17) is 24.3 Å². The molecule has 0 aliphatic carbocycles. The average molecular weight is 526 g/mol. The molecule has 14 heteroatoms. The fourth-order valence-corrected chi connectivity index (χ4v) is 5.01. The molecule has 1 aromatic carbocycles. The number of benzene rings is 1. The molecule has 2 heterocycles. The van der Waals surface area contributed by atoms with Crippen LogP contribution in [0.1, 0.15) is 33.9 Å². The Morgan fingerprint density at radius 2 is 2.00 bits per heavy atom. The van der Waals surface area contributed by atoms with Crippen molar-refractivity contribution in [3.63, 3.8) is 0 Å². The summed E-state index contributed by atoms with van der Waals surface area (Å²) in [6, 6.07) is 7.03. The van der Waals surface area contributed by atoms with Crippen LogP contribution in [0.4, 0.5) is 5.82 Å². The number of nitrogens with one attached hydrogen (secondary N) is 1. The molecule has 2 aromatic rings. The summed E-state index contributed by atoms with van der Waals surface area (Å²) in [4.78, 5) is 28.4. The Hall–Kier alpha value is -2.80. The predicted molar refractivity (Wildman–Crippen MR) is 128 cm³/mol. The number of carbonyl (C=O) groups excluding carboxylic acids is 1. The lowest BCUT2D eigenvalue weighted by molar-refractivity contribution is -0.149. The molecule has 0 spiro atoms. The predicted octanol–water partition coefficient (Wildman–Crippen LogP) is 0.968. The molecule has 0 saturated carbocycles. The molecule has 198 valence electrons. The van der Waals surface area contributed by atoms with E-state index >= 15 is 0 Å². The first-order valence-electron chi connectivity index (χ1n) is 11.2. The van der Waals surface area contributed by atoms with Crippen molar-refractivity contribution in [2.75, 3.05) is 12.3 Å². The van der Waals surface area contributed by atoms with Gasteiger partial charge in [-0.3, -0.25) is 18.7 Å². The molecule has 6 atom stereocenters. The smallest absolute Gasteiger partial charge is 0.459 e. The Bertz CT molecular complexity index is 1160. The van der Waals surface area contributed by atoms with Gasteiger partial charge < -0.3 is 29.9 Å². The molecule has 0 unspecified atom stereocenters. The van der Waals surface area contributed by atoms with Crippen LogP contribution in [0.25, 0.3) is 0 Å². The van der Waals surface area contributed by atoms with Crippen molar-refractivity contribution in [1.29, 1.82) is 0 Å². The number of anilines is 1. The first kappa shape index (κ1) is 27.8. The molecule has 1 aliphatic rings. The highest BCUT2D eigenvalue weighted by Crippen LogP contribution is 2.46. The number of carbonyl (C=O) groups is 1. The molecule has 0 radical (unpaired) electrons. The molecular formula is C22H31N4O9P. The summed E-state index contributed by atoms with van der Waals surface area (Å²) < 4.78 is 36.6. The Balaban J connectivity index is 1.80. The number of rotatable bonds is 10. The van der Waals surface area contributed by atoms with Gasteiger partial charge in [-0.2, -0.15) is 5.09 Å². The molecule has 1 aromatic heterocycles. The fraction of sp³-hybridized carbons (Fsp3) is 0.500. The lowest BCUT2D eigenvalue weighted by atomic mass is 9.96. The summed E-state index contributed by atoms with van der Waals surface area (Å²) >= 11 is 0. The lowest BCUT2D eigenvalue weighted by Gasteiger charge is -2.27. The maximum atomic E-state index is 13.6. The van der Waals surface area contributed by atoms with Gasteiger partial charge in [0, 0.05) is 12.4 Å². The maximum absolute atomic E-state index is 13.6. The third-order valence-electron chi connectivity index (χ3n) is 5.34. The largest absolute Gasteiger partial charge is 0.462 e. The summed E-state index contributed by atoms with van der Waals surface area (Å²) in [5.41, 5.74) is 2.89. The van der Waals surface area contributed by atoms with Crippen LogP contribution in [-0.4, -0.2) is 62.3 Å². The number of aliphatic hydroxyl groups is 2. The van der Waals surface area contributed by atoms with Gasteiger partial charge in [0.15, 0.2) is 12.0 Å². The molecule has 0 bridgehead atoms. The minimum absolute atomic E-state index is 0.189. The molecule has 5 N–H and O–H groups in total. The van der Waals surface area contributed by atoms with E-state index in [-0.39, 0.29) is 11.6 Å². The summed E-state index contributed by atoms with van der Waals surface area (Å²) in [5.74, 6) is -0.812. The van der Waals surface area contributed by atoms with Crippen LogP contribution in [0.3, 0.4) is 0 Å². The quantitative estimate of drug-likeness (QED) is 0.254. The van der Waals surface area contributed by atoms with E-state index in [1.54, 1.807) is 32.0 Å². The Labute approximate surface area is 207 Å². The minimum atomic E-state index is -4.25. The highest BCUT2D eigenvalue weighted by molar-refractivity contribution is 7.52. The zero-order valence-corrected chi connectivity index (χ0v) is 21.2. The molecular weight excluding hydrogens is 495 g/mol. The van der Waals surface area contributed by atoms with Crippen LogP contribution in [0.15, 0.2) is 47.5 Å². The SMILES string of the molecule is CC(C)OC(=O)[C@H](C)N[P@](=O)(OC[C@H]1O[C@@H](n2ccnc(N)c2=O)[C@](C)(O)[C@@H]1O)Oc1ccccc1. The zero-order valence-electron chi connectivity index (χ0n) is 20.3. The van der Waals surface area contributed by atoms with Gasteiger partial charge in [-0.25, -0.2) is 9.55 Å². The van der Waals surface area contributed by atoms with E-state index in [1.165, 1.54) is 38.4 Å². The van der Waals surface area contributed by atoms with Gasteiger partial charge in [-0.1, -0.05) is 18.2 Å².